The van der Waals surface area contributed by atoms with Gasteiger partial charge in [-0.05, 0) is 13.0 Å². The lowest BCUT2D eigenvalue weighted by atomic mass is 10.2. The van der Waals surface area contributed by atoms with E-state index in [9.17, 15) is 4.79 Å². The van der Waals surface area contributed by atoms with Crippen LogP contribution in [0.3, 0.4) is 0 Å². The minimum absolute atomic E-state index is 0.111. The number of amides is 1. The van der Waals surface area contributed by atoms with E-state index in [-0.39, 0.29) is 5.91 Å². The van der Waals surface area contributed by atoms with Crippen molar-refractivity contribution in [3.8, 4) is 0 Å². The molecule has 0 aromatic carbocycles. The summed E-state index contributed by atoms with van der Waals surface area (Å²) in [6, 6.07) is 1.62. The molecule has 1 rings (SSSR count). The van der Waals surface area contributed by atoms with Gasteiger partial charge in [-0.1, -0.05) is 0 Å². The van der Waals surface area contributed by atoms with Gasteiger partial charge < -0.3 is 15.4 Å². The van der Waals surface area contributed by atoms with E-state index in [1.165, 1.54) is 6.20 Å². The van der Waals surface area contributed by atoms with Crippen LogP contribution < -0.4 is 5.73 Å². The van der Waals surface area contributed by atoms with Gasteiger partial charge in [0, 0.05) is 26.4 Å². The minimum Gasteiger partial charge on any atom is -0.397 e. The van der Waals surface area contributed by atoms with Crippen molar-refractivity contribution >= 4 is 11.6 Å². The summed E-state index contributed by atoms with van der Waals surface area (Å²) in [4.78, 5) is 17.3. The molecule has 1 amide bonds. The molecule has 0 atom stereocenters. The van der Waals surface area contributed by atoms with Crippen LogP contribution in [0.15, 0.2) is 18.5 Å². The maximum Gasteiger partial charge on any atom is 0.255 e. The van der Waals surface area contributed by atoms with Gasteiger partial charge in [0.25, 0.3) is 5.91 Å². The first-order valence-electron chi connectivity index (χ1n) is 5.19. The lowest BCUT2D eigenvalue weighted by Gasteiger charge is -2.17. The summed E-state index contributed by atoms with van der Waals surface area (Å²) in [5.41, 5.74) is 6.55. The number of carbonyl (C=O) groups excluding carboxylic acids is 1. The Labute approximate surface area is 95.2 Å². The molecule has 2 N–H and O–H groups in total. The number of aromatic nitrogens is 1. The van der Waals surface area contributed by atoms with Crippen LogP contribution in [-0.2, 0) is 4.74 Å². The molecule has 5 nitrogen and oxygen atoms in total. The van der Waals surface area contributed by atoms with E-state index in [2.05, 4.69) is 4.98 Å². The van der Waals surface area contributed by atoms with Gasteiger partial charge in [0.1, 0.15) is 0 Å². The lowest BCUT2D eigenvalue weighted by Crippen LogP contribution is -2.30. The van der Waals surface area contributed by atoms with Gasteiger partial charge in [0.15, 0.2) is 0 Å². The van der Waals surface area contributed by atoms with Gasteiger partial charge in [0.05, 0.1) is 24.1 Å². The molecule has 1 aromatic rings. The molecular formula is C11H17N3O2. The van der Waals surface area contributed by atoms with Crippen molar-refractivity contribution in [2.75, 3.05) is 32.5 Å². The molecule has 88 valence electrons. The Hall–Kier alpha value is -1.62. The van der Waals surface area contributed by atoms with Crippen LogP contribution in [0.5, 0.6) is 0 Å². The predicted molar refractivity (Wildman–Crippen MR) is 62.1 cm³/mol. The van der Waals surface area contributed by atoms with Crippen LogP contribution in [-0.4, -0.2) is 42.6 Å². The number of nitrogen functional groups attached to an aromatic ring is 1. The molecule has 0 bridgehead atoms. The second-order valence-electron chi connectivity index (χ2n) is 3.39. The highest BCUT2D eigenvalue weighted by Crippen LogP contribution is 2.10. The van der Waals surface area contributed by atoms with Crippen molar-refractivity contribution < 1.29 is 9.53 Å². The third-order valence-corrected chi connectivity index (χ3v) is 2.20. The topological polar surface area (TPSA) is 68.5 Å². The molecule has 0 aliphatic carbocycles. The smallest absolute Gasteiger partial charge is 0.255 e. The normalized spacial score (nSPS) is 10.1. The fourth-order valence-corrected chi connectivity index (χ4v) is 1.25. The van der Waals surface area contributed by atoms with Crippen molar-refractivity contribution in [3.05, 3.63) is 24.0 Å². The van der Waals surface area contributed by atoms with Gasteiger partial charge in [-0.15, -0.1) is 0 Å². The minimum atomic E-state index is -0.111. The van der Waals surface area contributed by atoms with Crippen LogP contribution in [0.25, 0.3) is 0 Å². The van der Waals surface area contributed by atoms with Gasteiger partial charge in [0.2, 0.25) is 0 Å². The lowest BCUT2D eigenvalue weighted by molar-refractivity contribution is 0.0711. The van der Waals surface area contributed by atoms with Crippen molar-refractivity contribution in [2.24, 2.45) is 0 Å². The molecule has 16 heavy (non-hydrogen) atoms. The predicted octanol–water partition coefficient (Wildman–Crippen LogP) is 0.772. The highest BCUT2D eigenvalue weighted by Gasteiger charge is 2.13. The number of anilines is 1. The molecule has 0 radical (unpaired) electrons. The zero-order chi connectivity index (χ0) is 12.0. The zero-order valence-corrected chi connectivity index (χ0v) is 9.64. The SMILES string of the molecule is CCOCCN(C)C(=O)c1ccncc1N. The molecule has 1 aromatic heterocycles. The second kappa shape index (κ2) is 6.07. The first kappa shape index (κ1) is 12.4. The van der Waals surface area contributed by atoms with Gasteiger partial charge in [-0.25, -0.2) is 0 Å². The fraction of sp³-hybridized carbons (Fsp3) is 0.455. The molecule has 5 heteroatoms. The average Bonchev–Trinajstić information content (AvgIpc) is 2.29. The van der Waals surface area contributed by atoms with Crippen molar-refractivity contribution in [1.29, 1.82) is 0 Å². The summed E-state index contributed by atoms with van der Waals surface area (Å²) >= 11 is 0. The number of ether oxygens (including phenoxy) is 1. The molecule has 0 spiro atoms. The monoisotopic (exact) mass is 223 g/mol. The number of hydrogen-bond acceptors (Lipinski definition) is 4. The Morgan fingerprint density at radius 3 is 3.00 bits per heavy atom. The van der Waals surface area contributed by atoms with Crippen LogP contribution in [0.1, 0.15) is 17.3 Å². The molecule has 0 saturated carbocycles. The van der Waals surface area contributed by atoms with Crippen molar-refractivity contribution in [2.45, 2.75) is 6.92 Å². The molecule has 1 heterocycles. The van der Waals surface area contributed by atoms with E-state index in [0.717, 1.165) is 0 Å². The van der Waals surface area contributed by atoms with Gasteiger partial charge in [-0.2, -0.15) is 0 Å². The van der Waals surface area contributed by atoms with Crippen LogP contribution in [0.4, 0.5) is 5.69 Å². The molecule has 0 aliphatic rings. The molecule has 0 saturated heterocycles. The van der Waals surface area contributed by atoms with Crippen LogP contribution in [0, 0.1) is 0 Å². The van der Waals surface area contributed by atoms with E-state index >= 15 is 0 Å². The largest absolute Gasteiger partial charge is 0.397 e. The molecular weight excluding hydrogens is 206 g/mol. The maximum atomic E-state index is 11.9. The molecule has 0 fully saturated rings. The number of likely N-dealkylation sites (N-methyl/N-ethyl adjacent to an activating group) is 1. The molecule has 0 aliphatic heterocycles. The quantitative estimate of drug-likeness (QED) is 0.749. The summed E-state index contributed by atoms with van der Waals surface area (Å²) in [5.74, 6) is -0.111. The first-order valence-corrected chi connectivity index (χ1v) is 5.19. The number of rotatable bonds is 5. The second-order valence-corrected chi connectivity index (χ2v) is 3.39. The summed E-state index contributed by atoms with van der Waals surface area (Å²) in [7, 11) is 1.72. The number of carbonyl (C=O) groups is 1. The maximum absolute atomic E-state index is 11.9. The Morgan fingerprint density at radius 1 is 1.62 bits per heavy atom. The fourth-order valence-electron chi connectivity index (χ4n) is 1.25. The third kappa shape index (κ3) is 3.20. The van der Waals surface area contributed by atoms with Crippen LogP contribution >= 0.6 is 0 Å². The number of pyridine rings is 1. The molecule has 0 unspecified atom stereocenters. The number of nitrogens with two attached hydrogens (primary N) is 1. The highest BCUT2D eigenvalue weighted by atomic mass is 16.5. The van der Waals surface area contributed by atoms with Crippen LogP contribution in [0.2, 0.25) is 0 Å². The zero-order valence-electron chi connectivity index (χ0n) is 9.64. The Balaban J connectivity index is 2.60. The summed E-state index contributed by atoms with van der Waals surface area (Å²) in [6.45, 7) is 3.65. The van der Waals surface area contributed by atoms with E-state index in [0.29, 0.717) is 31.0 Å². The van der Waals surface area contributed by atoms with Gasteiger partial charge >= 0.3 is 0 Å². The van der Waals surface area contributed by atoms with E-state index in [1.807, 2.05) is 6.92 Å². The first-order chi connectivity index (χ1) is 7.66. The Kier molecular flexibility index (Phi) is 4.72. The standard InChI is InChI=1S/C11H17N3O2/c1-3-16-7-6-14(2)11(15)9-4-5-13-8-10(9)12/h4-5,8H,3,6-7,12H2,1-2H3. The van der Waals surface area contributed by atoms with Gasteiger partial charge in [-0.3, -0.25) is 9.78 Å². The average molecular weight is 223 g/mol. The van der Waals surface area contributed by atoms with E-state index in [4.69, 9.17) is 10.5 Å². The van der Waals surface area contributed by atoms with E-state index in [1.54, 1.807) is 24.2 Å². The Morgan fingerprint density at radius 2 is 2.38 bits per heavy atom. The van der Waals surface area contributed by atoms with Crippen molar-refractivity contribution in [1.82, 2.24) is 9.88 Å². The number of nitrogens with zero attached hydrogens (tertiary/aromatic N) is 2. The summed E-state index contributed by atoms with van der Waals surface area (Å²) < 4.78 is 5.18. The summed E-state index contributed by atoms with van der Waals surface area (Å²) in [5, 5.41) is 0. The highest BCUT2D eigenvalue weighted by molar-refractivity contribution is 5.98. The Bertz CT molecular complexity index is 355. The summed E-state index contributed by atoms with van der Waals surface area (Å²) in [6.07, 6.45) is 3.03. The van der Waals surface area contributed by atoms with E-state index < -0.39 is 0 Å². The third-order valence-electron chi connectivity index (χ3n) is 2.20. The van der Waals surface area contributed by atoms with Crippen molar-refractivity contribution in [3.63, 3.8) is 0 Å². The number of hydrogen-bond donors (Lipinski definition) is 1.